The molecule has 1 atom stereocenters. The van der Waals surface area contributed by atoms with E-state index < -0.39 is 11.4 Å². The minimum Gasteiger partial charge on any atom is -0.271 e. The number of halogens is 3. The number of alkyl halides is 3. The van der Waals surface area contributed by atoms with Crippen LogP contribution in [-0.2, 0) is 6.42 Å². The maximum Gasteiger partial charge on any atom is 0.338 e. The average molecular weight is 254 g/mol. The van der Waals surface area contributed by atoms with E-state index in [4.69, 9.17) is 17.4 Å². The summed E-state index contributed by atoms with van der Waals surface area (Å²) in [7, 11) is 0. The van der Waals surface area contributed by atoms with Crippen molar-refractivity contribution in [2.75, 3.05) is 0 Å². The lowest BCUT2D eigenvalue weighted by Gasteiger charge is -2.20. The van der Waals surface area contributed by atoms with Crippen LogP contribution in [0.3, 0.4) is 0 Å². The van der Waals surface area contributed by atoms with E-state index in [0.717, 1.165) is 0 Å². The molecule has 0 aliphatic carbocycles. The minimum atomic E-state index is -3.43. The van der Waals surface area contributed by atoms with Crippen LogP contribution >= 0.6 is 11.6 Å². The second-order valence-electron chi connectivity index (χ2n) is 3.68. The van der Waals surface area contributed by atoms with Crippen LogP contribution in [0.25, 0.3) is 0 Å². The van der Waals surface area contributed by atoms with Gasteiger partial charge in [0.2, 0.25) is 0 Å². The molecular formula is C8H14ClF2N5. The maximum atomic E-state index is 12.9. The zero-order chi connectivity index (χ0) is 12.3. The molecule has 0 radical (unpaired) electrons. The van der Waals surface area contributed by atoms with E-state index in [9.17, 15) is 8.78 Å². The fourth-order valence-corrected chi connectivity index (χ4v) is 1.44. The Balaban J connectivity index is 2.82. The second-order valence-corrected chi connectivity index (χ2v) is 4.18. The molecule has 8 heteroatoms. The molecule has 1 aromatic rings. The van der Waals surface area contributed by atoms with Crippen molar-refractivity contribution >= 4 is 11.6 Å². The number of hydrazine groups is 1. The Morgan fingerprint density at radius 2 is 2.25 bits per heavy atom. The minimum absolute atomic E-state index is 0.0415. The maximum absolute atomic E-state index is 12.9. The molecule has 0 saturated carbocycles. The van der Waals surface area contributed by atoms with Crippen LogP contribution in [0.5, 0.6) is 0 Å². The Hall–Kier alpha value is -0.790. The first-order valence-electron chi connectivity index (χ1n) is 4.77. The lowest BCUT2D eigenvalue weighted by atomic mass is 10.2. The first-order valence-corrected chi connectivity index (χ1v) is 5.15. The summed E-state index contributed by atoms with van der Waals surface area (Å²) < 4.78 is 27.3. The van der Waals surface area contributed by atoms with Gasteiger partial charge in [-0.2, -0.15) is 13.9 Å². The number of rotatable bonds is 5. The van der Waals surface area contributed by atoms with Gasteiger partial charge in [-0.15, -0.1) is 0 Å². The summed E-state index contributed by atoms with van der Waals surface area (Å²) in [6.07, 6.45) is 1.22. The molecule has 1 unspecified atom stereocenters. The van der Waals surface area contributed by atoms with Gasteiger partial charge < -0.3 is 0 Å². The highest BCUT2D eigenvalue weighted by atomic mass is 35.5. The molecule has 1 heterocycles. The van der Waals surface area contributed by atoms with Gasteiger partial charge in [0.1, 0.15) is 18.2 Å². The molecular weight excluding hydrogens is 240 g/mol. The molecule has 1 rings (SSSR count). The smallest absolute Gasteiger partial charge is 0.271 e. The predicted octanol–water partition coefficient (Wildman–Crippen LogP) is 1.06. The number of nitrogens with one attached hydrogen (secondary N) is 1. The van der Waals surface area contributed by atoms with E-state index in [1.807, 2.05) is 19.3 Å². The molecule has 0 fully saturated rings. The number of aromatic nitrogens is 3. The summed E-state index contributed by atoms with van der Waals surface area (Å²) in [5.74, 6) is 5.44. The van der Waals surface area contributed by atoms with Crippen molar-refractivity contribution in [3.63, 3.8) is 0 Å². The standard InChI is InChI=1S/C8H14ClF2N5/c1-5(2)16-7(13-4-14-16)3-6(15-12)8(9,10)11/h4-6,15H,3,12H2,1-2H3. The van der Waals surface area contributed by atoms with Crippen LogP contribution in [0.4, 0.5) is 8.78 Å². The van der Waals surface area contributed by atoms with Gasteiger partial charge in [0.15, 0.2) is 0 Å². The first kappa shape index (κ1) is 13.3. The highest BCUT2D eigenvalue weighted by Crippen LogP contribution is 2.25. The summed E-state index contributed by atoms with van der Waals surface area (Å²) in [5, 5.41) is 0.506. The molecule has 0 saturated heterocycles. The highest BCUT2D eigenvalue weighted by molar-refractivity contribution is 6.22. The van der Waals surface area contributed by atoms with E-state index in [1.54, 1.807) is 4.68 Å². The first-order chi connectivity index (χ1) is 7.36. The monoisotopic (exact) mass is 253 g/mol. The number of nitrogens with two attached hydrogens (primary N) is 1. The summed E-state index contributed by atoms with van der Waals surface area (Å²) in [4.78, 5) is 3.90. The Labute approximate surface area is 96.9 Å². The topological polar surface area (TPSA) is 68.8 Å². The van der Waals surface area contributed by atoms with E-state index in [0.29, 0.717) is 5.82 Å². The normalized spacial score (nSPS) is 14.4. The lowest BCUT2D eigenvalue weighted by molar-refractivity contribution is 0.0489. The molecule has 0 amide bonds. The third kappa shape index (κ3) is 3.10. The van der Waals surface area contributed by atoms with Gasteiger partial charge in [0, 0.05) is 12.5 Å². The van der Waals surface area contributed by atoms with Crippen LogP contribution in [0.15, 0.2) is 6.33 Å². The zero-order valence-electron chi connectivity index (χ0n) is 8.99. The quantitative estimate of drug-likeness (QED) is 0.468. The van der Waals surface area contributed by atoms with Gasteiger partial charge in [0.25, 0.3) is 0 Å². The van der Waals surface area contributed by atoms with Crippen LogP contribution in [0, 0.1) is 0 Å². The third-order valence-electron chi connectivity index (χ3n) is 2.12. The number of nitrogens with zero attached hydrogens (tertiary/aromatic N) is 3. The largest absolute Gasteiger partial charge is 0.338 e. The van der Waals surface area contributed by atoms with Crippen molar-refractivity contribution in [2.45, 2.75) is 37.7 Å². The summed E-state index contributed by atoms with van der Waals surface area (Å²) in [5.41, 5.74) is 1.98. The summed E-state index contributed by atoms with van der Waals surface area (Å²) in [6, 6.07) is -1.34. The third-order valence-corrected chi connectivity index (χ3v) is 2.38. The van der Waals surface area contributed by atoms with Gasteiger partial charge in [-0.1, -0.05) is 0 Å². The Bertz CT molecular complexity index is 335. The SMILES string of the molecule is CC(C)n1ncnc1CC(NN)C(F)(F)Cl. The van der Waals surface area contributed by atoms with Gasteiger partial charge in [-0.25, -0.2) is 15.1 Å². The average Bonchev–Trinajstić information content (AvgIpc) is 2.59. The Kier molecular flexibility index (Phi) is 4.17. The molecule has 92 valence electrons. The van der Waals surface area contributed by atoms with Crippen molar-refractivity contribution in [1.82, 2.24) is 20.2 Å². The van der Waals surface area contributed by atoms with Crippen LogP contribution in [0.2, 0.25) is 0 Å². The molecule has 3 N–H and O–H groups in total. The highest BCUT2D eigenvalue weighted by Gasteiger charge is 2.37. The van der Waals surface area contributed by atoms with E-state index in [1.165, 1.54) is 6.33 Å². The molecule has 0 aliphatic rings. The van der Waals surface area contributed by atoms with Crippen LogP contribution in [0.1, 0.15) is 25.7 Å². The summed E-state index contributed by atoms with van der Waals surface area (Å²) >= 11 is 4.91. The lowest BCUT2D eigenvalue weighted by Crippen LogP contribution is -2.47. The Morgan fingerprint density at radius 3 is 2.69 bits per heavy atom. The summed E-state index contributed by atoms with van der Waals surface area (Å²) in [6.45, 7) is 3.75. The molecule has 16 heavy (non-hydrogen) atoms. The molecule has 0 aliphatic heterocycles. The second kappa shape index (κ2) is 5.03. The molecule has 1 aromatic heterocycles. The van der Waals surface area contributed by atoms with E-state index in [-0.39, 0.29) is 12.5 Å². The number of hydrogen-bond donors (Lipinski definition) is 2. The van der Waals surface area contributed by atoms with Crippen molar-refractivity contribution in [1.29, 1.82) is 0 Å². The van der Waals surface area contributed by atoms with E-state index in [2.05, 4.69) is 10.1 Å². The van der Waals surface area contributed by atoms with Crippen LogP contribution < -0.4 is 11.3 Å². The molecule has 5 nitrogen and oxygen atoms in total. The fraction of sp³-hybridized carbons (Fsp3) is 0.750. The zero-order valence-corrected chi connectivity index (χ0v) is 9.75. The Morgan fingerprint density at radius 1 is 1.62 bits per heavy atom. The van der Waals surface area contributed by atoms with Gasteiger partial charge in [-0.3, -0.25) is 5.84 Å². The van der Waals surface area contributed by atoms with Crippen molar-refractivity contribution in [3.8, 4) is 0 Å². The van der Waals surface area contributed by atoms with Crippen molar-refractivity contribution < 1.29 is 8.78 Å². The van der Waals surface area contributed by atoms with E-state index >= 15 is 0 Å². The number of hydrogen-bond acceptors (Lipinski definition) is 4. The molecule has 0 aromatic carbocycles. The fourth-order valence-electron chi connectivity index (χ4n) is 1.30. The van der Waals surface area contributed by atoms with Crippen LogP contribution in [-0.4, -0.2) is 26.2 Å². The van der Waals surface area contributed by atoms with Crippen molar-refractivity contribution in [2.24, 2.45) is 5.84 Å². The van der Waals surface area contributed by atoms with Gasteiger partial charge in [-0.05, 0) is 25.4 Å². The molecule has 0 bridgehead atoms. The predicted molar refractivity (Wildman–Crippen MR) is 56.0 cm³/mol. The molecule has 0 spiro atoms. The van der Waals surface area contributed by atoms with Gasteiger partial charge >= 0.3 is 5.38 Å². The van der Waals surface area contributed by atoms with Gasteiger partial charge in [0.05, 0.1) is 0 Å². The van der Waals surface area contributed by atoms with Crippen molar-refractivity contribution in [3.05, 3.63) is 12.2 Å².